The first-order valence-electron chi connectivity index (χ1n) is 11.8. The fourth-order valence-corrected chi connectivity index (χ4v) is 4.86. The van der Waals surface area contributed by atoms with Gasteiger partial charge in [0.25, 0.3) is 11.8 Å². The van der Waals surface area contributed by atoms with Gasteiger partial charge in [-0.3, -0.25) is 14.4 Å². The molecule has 0 bridgehead atoms. The molecule has 1 saturated heterocycles. The molecule has 2 heterocycles. The van der Waals surface area contributed by atoms with Crippen LogP contribution in [0.3, 0.4) is 0 Å². The van der Waals surface area contributed by atoms with E-state index in [1.54, 1.807) is 11.0 Å². The topological polar surface area (TPSA) is 69.7 Å². The van der Waals surface area contributed by atoms with Gasteiger partial charge in [0.15, 0.2) is 0 Å². The zero-order valence-electron chi connectivity index (χ0n) is 20.1. The van der Waals surface area contributed by atoms with Gasteiger partial charge in [-0.2, -0.15) is 0 Å². The van der Waals surface area contributed by atoms with Crippen molar-refractivity contribution in [3.8, 4) is 0 Å². The zero-order valence-corrected chi connectivity index (χ0v) is 20.9. The van der Waals surface area contributed by atoms with Gasteiger partial charge in [-0.1, -0.05) is 39.3 Å². The third-order valence-electron chi connectivity index (χ3n) is 6.32. The van der Waals surface area contributed by atoms with E-state index in [4.69, 9.17) is 0 Å². The van der Waals surface area contributed by atoms with Crippen molar-refractivity contribution in [1.29, 1.82) is 0 Å². The number of carbonyl (C=O) groups is 3. The Hall–Kier alpha value is -2.67. The van der Waals surface area contributed by atoms with E-state index in [0.29, 0.717) is 48.0 Å². The lowest BCUT2D eigenvalue weighted by molar-refractivity contribution is -0.135. The number of thiophene rings is 1. The summed E-state index contributed by atoms with van der Waals surface area (Å²) in [6, 6.07) is 9.33. The van der Waals surface area contributed by atoms with Crippen molar-refractivity contribution < 1.29 is 14.4 Å². The molecule has 0 aliphatic carbocycles. The van der Waals surface area contributed by atoms with Crippen LogP contribution in [0.15, 0.2) is 35.7 Å². The quantitative estimate of drug-likeness (QED) is 0.575. The molecule has 7 heteroatoms. The molecule has 0 unspecified atom stereocenters. The summed E-state index contributed by atoms with van der Waals surface area (Å²) in [6.45, 7) is 8.23. The first-order chi connectivity index (χ1) is 15.8. The molecule has 0 radical (unpaired) electrons. The number of carbonyl (C=O) groups excluding carboxylic acids is 3. The molecule has 1 N–H and O–H groups in total. The number of nitrogens with one attached hydrogen (secondary N) is 1. The first-order valence-corrected chi connectivity index (χ1v) is 12.7. The molecular weight excluding hydrogens is 434 g/mol. The molecule has 178 valence electrons. The third kappa shape index (κ3) is 6.22. The third-order valence-corrected chi connectivity index (χ3v) is 7.15. The maximum absolute atomic E-state index is 13.2. The Morgan fingerprint density at radius 2 is 1.79 bits per heavy atom. The number of rotatable bonds is 8. The summed E-state index contributed by atoms with van der Waals surface area (Å²) in [5.74, 6) is 0.252. The van der Waals surface area contributed by atoms with Crippen molar-refractivity contribution >= 4 is 34.1 Å². The second-order valence-corrected chi connectivity index (χ2v) is 9.99. The number of amides is 3. The summed E-state index contributed by atoms with van der Waals surface area (Å²) < 4.78 is 0. The molecule has 6 nitrogen and oxygen atoms in total. The Balaban J connectivity index is 1.59. The Kier molecular flexibility index (Phi) is 8.67. The molecule has 1 fully saturated rings. The summed E-state index contributed by atoms with van der Waals surface area (Å²) in [6.07, 6.45) is 3.42. The van der Waals surface area contributed by atoms with Gasteiger partial charge in [-0.05, 0) is 54.3 Å². The van der Waals surface area contributed by atoms with Gasteiger partial charge in [0.1, 0.15) is 5.00 Å². The number of piperidine rings is 1. The maximum atomic E-state index is 13.2. The van der Waals surface area contributed by atoms with Gasteiger partial charge >= 0.3 is 0 Å². The van der Waals surface area contributed by atoms with Crippen LogP contribution in [-0.2, 0) is 4.79 Å². The molecule has 3 rings (SSSR count). The second kappa shape index (κ2) is 11.5. The van der Waals surface area contributed by atoms with Crippen molar-refractivity contribution in [2.75, 3.05) is 32.0 Å². The molecule has 2 aromatic rings. The minimum Gasteiger partial charge on any atom is -0.346 e. The van der Waals surface area contributed by atoms with Crippen LogP contribution < -0.4 is 5.32 Å². The highest BCUT2D eigenvalue weighted by atomic mass is 32.1. The van der Waals surface area contributed by atoms with E-state index < -0.39 is 0 Å². The lowest BCUT2D eigenvalue weighted by Gasteiger charge is -2.33. The number of likely N-dealkylation sites (tertiary alicyclic amines) is 1. The monoisotopic (exact) mass is 469 g/mol. The average Bonchev–Trinajstić information content (AvgIpc) is 3.29. The van der Waals surface area contributed by atoms with E-state index in [0.717, 1.165) is 19.4 Å². The first kappa shape index (κ1) is 25.0. The Morgan fingerprint density at radius 1 is 1.12 bits per heavy atom. The lowest BCUT2D eigenvalue weighted by atomic mass is 9.95. The minimum absolute atomic E-state index is 0.0219. The van der Waals surface area contributed by atoms with Gasteiger partial charge < -0.3 is 15.1 Å². The molecule has 0 spiro atoms. The molecule has 0 saturated carbocycles. The molecular formula is C26H35N3O3S. The standard InChI is InChI=1S/C26H35N3O3S/c1-5-6-14-28(4)25(31)21-11-15-29(16-12-21)26(32)22-13-17-33-24(22)27-23(30)20-9-7-19(8-10-20)18(2)3/h7-10,13,17-18,21H,5-6,11-12,14-16H2,1-4H3,(H,27,30). The number of nitrogens with zero attached hydrogens (tertiary/aromatic N) is 2. The zero-order chi connectivity index (χ0) is 24.0. The number of benzene rings is 1. The van der Waals surface area contributed by atoms with Crippen molar-refractivity contribution in [3.05, 3.63) is 52.4 Å². The summed E-state index contributed by atoms with van der Waals surface area (Å²) >= 11 is 1.35. The molecule has 1 aliphatic heterocycles. The summed E-state index contributed by atoms with van der Waals surface area (Å²) in [5, 5.41) is 5.30. The summed E-state index contributed by atoms with van der Waals surface area (Å²) in [7, 11) is 1.87. The fraction of sp³-hybridized carbons (Fsp3) is 0.500. The van der Waals surface area contributed by atoms with Crippen molar-refractivity contribution in [2.24, 2.45) is 5.92 Å². The van der Waals surface area contributed by atoms with Gasteiger partial charge in [0.05, 0.1) is 5.56 Å². The molecule has 1 aliphatic rings. The molecule has 1 aromatic carbocycles. The Morgan fingerprint density at radius 3 is 2.39 bits per heavy atom. The predicted molar refractivity (Wildman–Crippen MR) is 134 cm³/mol. The van der Waals surface area contributed by atoms with Crippen LogP contribution in [0.4, 0.5) is 5.00 Å². The highest BCUT2D eigenvalue weighted by Gasteiger charge is 2.30. The lowest BCUT2D eigenvalue weighted by Crippen LogP contribution is -2.43. The Labute approximate surface area is 201 Å². The molecule has 0 atom stereocenters. The smallest absolute Gasteiger partial charge is 0.256 e. The van der Waals surface area contributed by atoms with E-state index >= 15 is 0 Å². The van der Waals surface area contributed by atoms with Crippen LogP contribution in [0.2, 0.25) is 0 Å². The van der Waals surface area contributed by atoms with Gasteiger partial charge in [0.2, 0.25) is 5.91 Å². The van der Waals surface area contributed by atoms with Crippen LogP contribution >= 0.6 is 11.3 Å². The number of hydrogen-bond acceptors (Lipinski definition) is 4. The van der Waals surface area contributed by atoms with E-state index in [2.05, 4.69) is 26.1 Å². The SMILES string of the molecule is CCCCN(C)C(=O)C1CCN(C(=O)c2ccsc2NC(=O)c2ccc(C(C)C)cc2)CC1. The number of anilines is 1. The van der Waals surface area contributed by atoms with Crippen molar-refractivity contribution in [2.45, 2.75) is 52.4 Å². The van der Waals surface area contributed by atoms with Crippen LogP contribution in [0, 0.1) is 5.92 Å². The van der Waals surface area contributed by atoms with E-state index in [1.165, 1.54) is 16.9 Å². The highest BCUT2D eigenvalue weighted by molar-refractivity contribution is 7.14. The fourth-order valence-electron chi connectivity index (χ4n) is 4.09. The largest absolute Gasteiger partial charge is 0.346 e. The molecule has 33 heavy (non-hydrogen) atoms. The maximum Gasteiger partial charge on any atom is 0.256 e. The Bertz CT molecular complexity index is 959. The summed E-state index contributed by atoms with van der Waals surface area (Å²) in [5.41, 5.74) is 2.26. The van der Waals surface area contributed by atoms with Crippen LogP contribution in [0.5, 0.6) is 0 Å². The van der Waals surface area contributed by atoms with Crippen LogP contribution in [0.25, 0.3) is 0 Å². The number of unbranched alkanes of at least 4 members (excludes halogenated alkanes) is 1. The number of hydrogen-bond donors (Lipinski definition) is 1. The van der Waals surface area contributed by atoms with Gasteiger partial charge in [-0.15, -0.1) is 11.3 Å². The van der Waals surface area contributed by atoms with Crippen LogP contribution in [0.1, 0.15) is 78.7 Å². The van der Waals surface area contributed by atoms with Gasteiger partial charge in [0, 0.05) is 38.2 Å². The highest BCUT2D eigenvalue weighted by Crippen LogP contribution is 2.28. The van der Waals surface area contributed by atoms with Crippen molar-refractivity contribution in [3.63, 3.8) is 0 Å². The molecule has 3 amide bonds. The second-order valence-electron chi connectivity index (χ2n) is 9.07. The van der Waals surface area contributed by atoms with Crippen LogP contribution in [-0.4, -0.2) is 54.2 Å². The normalized spacial score (nSPS) is 14.4. The molecule has 1 aromatic heterocycles. The van der Waals surface area contributed by atoms with E-state index in [9.17, 15) is 14.4 Å². The predicted octanol–water partition coefficient (Wildman–Crippen LogP) is 5.23. The minimum atomic E-state index is -0.221. The van der Waals surface area contributed by atoms with Crippen molar-refractivity contribution in [1.82, 2.24) is 9.80 Å². The summed E-state index contributed by atoms with van der Waals surface area (Å²) in [4.78, 5) is 42.2. The van der Waals surface area contributed by atoms with Gasteiger partial charge in [-0.25, -0.2) is 0 Å². The van der Waals surface area contributed by atoms with E-state index in [-0.39, 0.29) is 23.6 Å². The average molecular weight is 470 g/mol. The van der Waals surface area contributed by atoms with E-state index in [1.807, 2.05) is 41.6 Å².